The smallest absolute Gasteiger partial charge is 0.425 e. The lowest BCUT2D eigenvalue weighted by atomic mass is 10.0. The summed E-state index contributed by atoms with van der Waals surface area (Å²) in [4.78, 5) is -7.38. The Kier molecular flexibility index (Phi) is 20.4. The second-order valence-corrected chi connectivity index (χ2v) is 26.1. The van der Waals surface area contributed by atoms with Crippen LogP contribution in [0.2, 0.25) is 0 Å². The van der Waals surface area contributed by atoms with Gasteiger partial charge in [-0.3, -0.25) is 27.3 Å². The molecule has 0 bridgehead atoms. The van der Waals surface area contributed by atoms with Crippen molar-refractivity contribution in [1.29, 1.82) is 0 Å². The Hall–Kier alpha value is -9.40. The molecule has 90 heavy (non-hydrogen) atoms. The molecule has 0 aliphatic rings. The van der Waals surface area contributed by atoms with Crippen molar-refractivity contribution in [3.63, 3.8) is 0 Å². The number of hydrogen-bond donors (Lipinski definition) is 11. The highest BCUT2D eigenvalue weighted by molar-refractivity contribution is 7.87. The molecular formula is C44H33N9O29S8. The third-order valence-electron chi connectivity index (χ3n) is 11.5. The van der Waals surface area contributed by atoms with E-state index in [1.54, 1.807) is 0 Å². The molecule has 38 nitrogen and oxygen atoms in total. The quantitative estimate of drug-likeness (QED) is 0.0280. The number of nitrogens with two attached hydrogens (primary N) is 1. The second kappa shape index (κ2) is 26.4. The van der Waals surface area contributed by atoms with Gasteiger partial charge in [0.1, 0.15) is 74.9 Å². The normalized spacial score (nSPS) is 12.6. The third-order valence-corrected chi connectivity index (χ3v) is 16.9. The van der Waals surface area contributed by atoms with Gasteiger partial charge in [-0.15, -0.1) is 61.1 Å². The standard InChI is InChI=1S/C44H33N9O23S6.2O3S/c1-76-22-5-3-21(4-6-22)46-52-38-34(80(67,68)69)17-26-24(41(38)56)8-13-30(44(26)82(73,74)75)49-51-37-32(78(61,62)63)15-20-16-33(79(64,65)66)39(42(57)35(20)36(37)45)53-50-29-12-7-23-25(43(29)81(70,71)72)9-11-28(40(23)55)48-47-27-10-2-19(18-54)14-31(27)77(58,59)60;2*1-4(2)3/h2-17,54-57H,18,45H2,1H3,(H,58,59,60)(H,61,62,63)(H,64,65,66)(H,67,68,69)(H,70,71,72)(H,73,74,75);;. The van der Waals surface area contributed by atoms with Crippen LogP contribution >= 0.6 is 0 Å². The van der Waals surface area contributed by atoms with E-state index in [1.807, 2.05) is 0 Å². The summed E-state index contributed by atoms with van der Waals surface area (Å²) in [7, 11) is -37.6. The number of phenols is 3. The number of phenolic OH excluding ortho intramolecular Hbond substituents is 3. The molecule has 0 unspecified atom stereocenters. The van der Waals surface area contributed by atoms with E-state index in [9.17, 15) is 98.2 Å². The number of rotatable bonds is 16. The zero-order chi connectivity index (χ0) is 67.6. The largest absolute Gasteiger partial charge is 0.505 e. The van der Waals surface area contributed by atoms with Gasteiger partial charge in [-0.25, -0.2) is 0 Å². The summed E-state index contributed by atoms with van der Waals surface area (Å²) in [5.41, 5.74) is -0.948. The zero-order valence-corrected chi connectivity index (χ0v) is 50.1. The molecular weight excluding hydrogens is 1380 g/mol. The number of nitrogens with zero attached hydrogens (tertiary/aromatic N) is 8. The Labute approximate surface area is 506 Å². The van der Waals surface area contributed by atoms with E-state index in [4.69, 9.17) is 35.7 Å². The van der Waals surface area contributed by atoms with Gasteiger partial charge in [0.25, 0.3) is 60.7 Å². The average molecular weight is 1410 g/mol. The van der Waals surface area contributed by atoms with Crippen LogP contribution in [0.25, 0.3) is 32.3 Å². The van der Waals surface area contributed by atoms with Crippen molar-refractivity contribution in [2.75, 3.05) is 12.8 Å². The number of nitrogen functional groups attached to an aromatic ring is 1. The van der Waals surface area contributed by atoms with Crippen LogP contribution in [0.3, 0.4) is 0 Å². The highest BCUT2D eigenvalue weighted by atomic mass is 32.2. The number of ether oxygens (including phenoxy) is 1. The van der Waals surface area contributed by atoms with E-state index in [0.29, 0.717) is 23.9 Å². The molecule has 0 radical (unpaired) electrons. The fraction of sp³-hybridized carbons (Fsp3) is 0.0455. The second-order valence-electron chi connectivity index (χ2n) is 17.0. The molecule has 0 amide bonds. The van der Waals surface area contributed by atoms with Crippen LogP contribution in [0, 0.1) is 0 Å². The number of aliphatic hydroxyl groups excluding tert-OH is 1. The number of aliphatic hydroxyl groups is 1. The predicted octanol–water partition coefficient (Wildman–Crippen LogP) is 6.48. The van der Waals surface area contributed by atoms with E-state index in [-0.39, 0.29) is 11.3 Å². The number of anilines is 1. The number of aromatic hydroxyl groups is 3. The summed E-state index contributed by atoms with van der Waals surface area (Å²) in [5, 5.41) is 69.0. The van der Waals surface area contributed by atoms with Crippen LogP contribution in [-0.4, -0.2) is 131 Å². The molecule has 8 rings (SSSR count). The molecule has 8 aromatic rings. The Morgan fingerprint density at radius 1 is 0.411 bits per heavy atom. The summed E-state index contributed by atoms with van der Waals surface area (Å²) in [5.74, 6) is -3.05. The summed E-state index contributed by atoms with van der Waals surface area (Å²) in [6.07, 6.45) is 0. The first-order valence-electron chi connectivity index (χ1n) is 22.7. The molecule has 0 aromatic heterocycles. The van der Waals surface area contributed by atoms with Gasteiger partial charge in [-0.2, -0.15) is 55.6 Å². The molecule has 476 valence electrons. The van der Waals surface area contributed by atoms with Crippen LogP contribution in [0.4, 0.5) is 51.2 Å². The minimum atomic E-state index is -5.66. The van der Waals surface area contributed by atoms with Gasteiger partial charge in [-0.1, -0.05) is 12.1 Å². The molecule has 0 aliphatic heterocycles. The third kappa shape index (κ3) is 15.9. The van der Waals surface area contributed by atoms with Crippen molar-refractivity contribution in [3.05, 3.63) is 103 Å². The lowest BCUT2D eigenvalue weighted by molar-refractivity contribution is 0.281. The van der Waals surface area contributed by atoms with Crippen molar-refractivity contribution >= 4 is 165 Å². The Balaban J connectivity index is 0.00000152. The van der Waals surface area contributed by atoms with E-state index in [0.717, 1.165) is 48.5 Å². The summed E-state index contributed by atoms with van der Waals surface area (Å²) >= 11 is 0. The predicted molar refractivity (Wildman–Crippen MR) is 302 cm³/mol. The molecule has 0 atom stereocenters. The van der Waals surface area contributed by atoms with Gasteiger partial charge in [0.15, 0.2) is 17.2 Å². The van der Waals surface area contributed by atoms with Crippen molar-refractivity contribution in [2.24, 2.45) is 40.9 Å². The summed E-state index contributed by atoms with van der Waals surface area (Å²) < 4.78 is 270. The molecule has 0 saturated carbocycles. The molecule has 0 fully saturated rings. The maximum atomic E-state index is 13.0. The van der Waals surface area contributed by atoms with Gasteiger partial charge in [0, 0.05) is 21.5 Å². The van der Waals surface area contributed by atoms with Crippen molar-refractivity contribution in [3.8, 4) is 23.0 Å². The van der Waals surface area contributed by atoms with Crippen molar-refractivity contribution in [2.45, 2.75) is 36.0 Å². The SMILES string of the molecule is COc1ccc(N=Nc2c(S(=O)(=O)O)cc3c(S(=O)(=O)O)c(N=Nc4c(S(=O)(=O)O)cc5cc(S(=O)(=O)O)c(N=Nc6ccc7c(O)c(N=Nc8ccc(CO)cc8S(=O)(=O)O)ccc7c6S(=O)(=O)O)c(O)c5c4N)ccc3c2O)cc1.O=S(=O)=O.O=S(=O)=O. The van der Waals surface area contributed by atoms with Crippen LogP contribution in [-0.2, 0) is 88.5 Å². The first kappa shape index (κ1) is 69.7. The monoisotopic (exact) mass is 1410 g/mol. The molecule has 0 saturated heterocycles. The molecule has 0 spiro atoms. The minimum Gasteiger partial charge on any atom is -0.505 e. The zero-order valence-electron chi connectivity index (χ0n) is 43.6. The average Bonchev–Trinajstić information content (AvgIpc) is 0.780. The highest BCUT2D eigenvalue weighted by Crippen LogP contribution is 2.51. The molecule has 8 aromatic carbocycles. The number of benzene rings is 8. The molecule has 0 heterocycles. The van der Waals surface area contributed by atoms with E-state index >= 15 is 0 Å². The summed E-state index contributed by atoms with van der Waals surface area (Å²) in [6.45, 7) is -0.629. The lowest BCUT2D eigenvalue weighted by Gasteiger charge is -2.15. The minimum absolute atomic E-state index is 0.0546. The Bertz CT molecular complexity index is 5410. The molecule has 12 N–H and O–H groups in total. The van der Waals surface area contributed by atoms with Gasteiger partial charge in [0.05, 0.1) is 30.5 Å². The van der Waals surface area contributed by atoms with Crippen LogP contribution in [0.5, 0.6) is 23.0 Å². The van der Waals surface area contributed by atoms with Gasteiger partial charge in [-0.05, 0) is 95.9 Å². The lowest BCUT2D eigenvalue weighted by Crippen LogP contribution is -2.04. The first-order chi connectivity index (χ1) is 41.5. The molecule has 0 aliphatic carbocycles. The highest BCUT2D eigenvalue weighted by Gasteiger charge is 2.31. The van der Waals surface area contributed by atoms with Crippen molar-refractivity contribution < 1.29 is 128 Å². The number of hydrogen-bond acceptors (Lipinski definition) is 32. The number of fused-ring (bicyclic) bond motifs is 3. The molecule has 46 heteroatoms. The van der Waals surface area contributed by atoms with Gasteiger partial charge in [0.2, 0.25) is 0 Å². The first-order valence-corrected chi connectivity index (χ1v) is 33.3. The van der Waals surface area contributed by atoms with Crippen molar-refractivity contribution in [1.82, 2.24) is 0 Å². The summed E-state index contributed by atoms with van der Waals surface area (Å²) in [6, 6.07) is 15.2. The Morgan fingerprint density at radius 3 is 1.28 bits per heavy atom. The maximum Gasteiger partial charge on any atom is 0.425 e. The fourth-order valence-corrected chi connectivity index (χ4v) is 12.2. The van der Waals surface area contributed by atoms with E-state index in [1.165, 1.54) is 37.4 Å². The van der Waals surface area contributed by atoms with Crippen LogP contribution < -0.4 is 10.5 Å². The van der Waals surface area contributed by atoms with Gasteiger partial charge < -0.3 is 30.9 Å². The number of methoxy groups -OCH3 is 1. The van der Waals surface area contributed by atoms with Crippen LogP contribution in [0.1, 0.15) is 5.56 Å². The number of azo groups is 4. The van der Waals surface area contributed by atoms with Crippen LogP contribution in [0.15, 0.2) is 167 Å². The maximum absolute atomic E-state index is 13.0. The van der Waals surface area contributed by atoms with Gasteiger partial charge >= 0.3 is 21.2 Å². The topological polar surface area (TPSA) is 644 Å². The Morgan fingerprint density at radius 2 is 0.800 bits per heavy atom. The van der Waals surface area contributed by atoms with E-state index < -0.39 is 213 Å². The van der Waals surface area contributed by atoms with E-state index in [2.05, 4.69) is 40.9 Å². The fourth-order valence-electron chi connectivity index (χ4n) is 7.92.